The van der Waals surface area contributed by atoms with Gasteiger partial charge < -0.3 is 11.1 Å². The van der Waals surface area contributed by atoms with Crippen LogP contribution in [0.2, 0.25) is 5.02 Å². The summed E-state index contributed by atoms with van der Waals surface area (Å²) in [5, 5.41) is 8.38. The van der Waals surface area contributed by atoms with Crippen LogP contribution >= 0.6 is 11.6 Å². The number of amides is 2. The van der Waals surface area contributed by atoms with E-state index in [4.69, 9.17) is 22.4 Å². The van der Waals surface area contributed by atoms with Gasteiger partial charge in [0.2, 0.25) is 11.8 Å². The lowest BCUT2D eigenvalue weighted by atomic mass is 10.1. The summed E-state index contributed by atoms with van der Waals surface area (Å²) in [5.74, 6) is -0.675. The standard InChI is InChI=1S/C27H26ClN5O2/c1-18(27(35)30-23-14-10-20(11-15-23)26(29)34)32(2)16-21-17-33(24-6-4-3-5-7-24)31-25(21)19-8-12-22(28)13-9-19/h3-15,17-18H,16H2,1-2H3,(H2,29,34)(H,30,35). The quantitative estimate of drug-likeness (QED) is 0.375. The number of rotatable bonds is 8. The van der Waals surface area contributed by atoms with Crippen molar-refractivity contribution in [3.05, 3.63) is 101 Å². The molecular formula is C27H26ClN5O2. The Morgan fingerprint density at radius 3 is 2.31 bits per heavy atom. The molecule has 3 aromatic carbocycles. The van der Waals surface area contributed by atoms with E-state index in [1.165, 1.54) is 0 Å². The van der Waals surface area contributed by atoms with Crippen molar-refractivity contribution in [1.82, 2.24) is 14.7 Å². The molecule has 0 fully saturated rings. The Morgan fingerprint density at radius 2 is 1.69 bits per heavy atom. The zero-order valence-electron chi connectivity index (χ0n) is 19.5. The largest absolute Gasteiger partial charge is 0.366 e. The molecule has 0 radical (unpaired) electrons. The molecule has 1 unspecified atom stereocenters. The highest BCUT2D eigenvalue weighted by Gasteiger charge is 2.21. The van der Waals surface area contributed by atoms with Gasteiger partial charge in [0.05, 0.1) is 17.4 Å². The van der Waals surface area contributed by atoms with Crippen LogP contribution in [0, 0.1) is 0 Å². The summed E-state index contributed by atoms with van der Waals surface area (Å²) in [6, 6.07) is 23.5. The Balaban J connectivity index is 1.54. The Bertz CT molecular complexity index is 1320. The molecule has 1 atom stereocenters. The predicted molar refractivity (Wildman–Crippen MR) is 139 cm³/mol. The van der Waals surface area contributed by atoms with E-state index in [1.807, 2.05) is 84.3 Å². The van der Waals surface area contributed by atoms with Crippen molar-refractivity contribution in [3.63, 3.8) is 0 Å². The molecule has 35 heavy (non-hydrogen) atoms. The van der Waals surface area contributed by atoms with Gasteiger partial charge in [0.1, 0.15) is 0 Å². The van der Waals surface area contributed by atoms with Crippen molar-refractivity contribution in [2.45, 2.75) is 19.5 Å². The minimum absolute atomic E-state index is 0.164. The highest BCUT2D eigenvalue weighted by atomic mass is 35.5. The van der Waals surface area contributed by atoms with Crippen molar-refractivity contribution in [2.75, 3.05) is 12.4 Å². The molecule has 0 spiro atoms. The molecular weight excluding hydrogens is 462 g/mol. The van der Waals surface area contributed by atoms with Crippen LogP contribution in [0.1, 0.15) is 22.8 Å². The van der Waals surface area contributed by atoms with Crippen molar-refractivity contribution < 1.29 is 9.59 Å². The second-order valence-corrected chi connectivity index (χ2v) is 8.75. The second-order valence-electron chi connectivity index (χ2n) is 8.31. The Hall–Kier alpha value is -3.94. The number of para-hydroxylation sites is 1. The number of likely N-dealkylation sites (N-methyl/N-ethyl adjacent to an activating group) is 1. The van der Waals surface area contributed by atoms with Gasteiger partial charge in [-0.2, -0.15) is 5.10 Å². The van der Waals surface area contributed by atoms with Crippen LogP contribution in [0.25, 0.3) is 16.9 Å². The number of carbonyl (C=O) groups excluding carboxylic acids is 2. The zero-order chi connectivity index (χ0) is 24.9. The average molecular weight is 488 g/mol. The Morgan fingerprint density at radius 1 is 1.03 bits per heavy atom. The monoisotopic (exact) mass is 487 g/mol. The van der Waals surface area contributed by atoms with Gasteiger partial charge in [0.25, 0.3) is 0 Å². The smallest absolute Gasteiger partial charge is 0.248 e. The van der Waals surface area contributed by atoms with Crippen LogP contribution in [0.3, 0.4) is 0 Å². The van der Waals surface area contributed by atoms with Gasteiger partial charge in [-0.1, -0.05) is 41.9 Å². The summed E-state index contributed by atoms with van der Waals surface area (Å²) in [4.78, 5) is 26.1. The molecule has 2 amide bonds. The van der Waals surface area contributed by atoms with Crippen LogP contribution in [0.4, 0.5) is 5.69 Å². The third-order valence-electron chi connectivity index (χ3n) is 5.83. The number of primary amides is 1. The minimum Gasteiger partial charge on any atom is -0.366 e. The van der Waals surface area contributed by atoms with E-state index in [1.54, 1.807) is 24.3 Å². The summed E-state index contributed by atoms with van der Waals surface area (Å²) in [7, 11) is 1.89. The van der Waals surface area contributed by atoms with E-state index in [9.17, 15) is 9.59 Å². The van der Waals surface area contributed by atoms with Crippen LogP contribution in [0.15, 0.2) is 85.1 Å². The van der Waals surface area contributed by atoms with E-state index >= 15 is 0 Å². The third kappa shape index (κ3) is 5.77. The molecule has 4 aromatic rings. The number of nitrogens with one attached hydrogen (secondary N) is 1. The first-order valence-corrected chi connectivity index (χ1v) is 11.5. The van der Waals surface area contributed by atoms with Crippen molar-refractivity contribution >= 4 is 29.1 Å². The topological polar surface area (TPSA) is 93.2 Å². The van der Waals surface area contributed by atoms with Gasteiger partial charge in [0.15, 0.2) is 0 Å². The van der Waals surface area contributed by atoms with Crippen molar-refractivity contribution in [1.29, 1.82) is 0 Å². The summed E-state index contributed by atoms with van der Waals surface area (Å²) < 4.78 is 1.85. The summed E-state index contributed by atoms with van der Waals surface area (Å²) in [6.07, 6.45) is 1.99. The Labute approximate surface area is 209 Å². The minimum atomic E-state index is -0.511. The number of hydrogen-bond acceptors (Lipinski definition) is 4. The van der Waals surface area contributed by atoms with E-state index in [0.717, 1.165) is 22.5 Å². The normalized spacial score (nSPS) is 11.9. The number of hydrogen-bond donors (Lipinski definition) is 2. The number of anilines is 1. The van der Waals surface area contributed by atoms with Crippen molar-refractivity contribution in [2.24, 2.45) is 5.73 Å². The van der Waals surface area contributed by atoms with E-state index in [0.29, 0.717) is 22.8 Å². The maximum absolute atomic E-state index is 12.9. The first kappa shape index (κ1) is 24.2. The van der Waals surface area contributed by atoms with Gasteiger partial charge in [-0.25, -0.2) is 4.68 Å². The zero-order valence-corrected chi connectivity index (χ0v) is 20.2. The van der Waals surface area contributed by atoms with Crippen LogP contribution < -0.4 is 11.1 Å². The fourth-order valence-corrected chi connectivity index (χ4v) is 3.79. The molecule has 178 valence electrons. The first-order chi connectivity index (χ1) is 16.8. The van der Waals surface area contributed by atoms with Crippen LogP contribution in [-0.2, 0) is 11.3 Å². The fraction of sp³-hybridized carbons (Fsp3) is 0.148. The lowest BCUT2D eigenvalue weighted by molar-refractivity contribution is -0.120. The maximum atomic E-state index is 12.9. The molecule has 0 aliphatic heterocycles. The first-order valence-electron chi connectivity index (χ1n) is 11.1. The molecule has 8 heteroatoms. The molecule has 7 nitrogen and oxygen atoms in total. The average Bonchev–Trinajstić information content (AvgIpc) is 3.28. The fourth-order valence-electron chi connectivity index (χ4n) is 3.66. The van der Waals surface area contributed by atoms with Gasteiger partial charge in [-0.05, 0) is 62.5 Å². The SMILES string of the molecule is CC(C(=O)Nc1ccc(C(N)=O)cc1)N(C)Cc1cn(-c2ccccc2)nc1-c1ccc(Cl)cc1. The summed E-state index contributed by atoms with van der Waals surface area (Å²) in [5.41, 5.74) is 9.96. The van der Waals surface area contributed by atoms with Gasteiger partial charge in [-0.15, -0.1) is 0 Å². The molecule has 0 saturated carbocycles. The van der Waals surface area contributed by atoms with E-state index in [2.05, 4.69) is 5.32 Å². The number of aromatic nitrogens is 2. The molecule has 1 aromatic heterocycles. The number of benzene rings is 3. The maximum Gasteiger partial charge on any atom is 0.248 e. The van der Waals surface area contributed by atoms with Crippen molar-refractivity contribution in [3.8, 4) is 16.9 Å². The summed E-state index contributed by atoms with van der Waals surface area (Å²) in [6.45, 7) is 2.34. The predicted octanol–water partition coefficient (Wildman–Crippen LogP) is 4.75. The molecule has 0 aliphatic carbocycles. The Kier molecular flexibility index (Phi) is 7.29. The van der Waals surface area contributed by atoms with Gasteiger partial charge in [0, 0.05) is 40.1 Å². The highest BCUT2D eigenvalue weighted by molar-refractivity contribution is 6.30. The number of carbonyl (C=O) groups is 2. The molecule has 0 aliphatic rings. The molecule has 4 rings (SSSR count). The van der Waals surface area contributed by atoms with Gasteiger partial charge in [-0.3, -0.25) is 14.5 Å². The highest BCUT2D eigenvalue weighted by Crippen LogP contribution is 2.26. The van der Waals surface area contributed by atoms with Crippen LogP contribution in [0.5, 0.6) is 0 Å². The molecule has 1 heterocycles. The number of halogens is 1. The summed E-state index contributed by atoms with van der Waals surface area (Å²) >= 11 is 6.09. The second kappa shape index (κ2) is 10.5. The van der Waals surface area contributed by atoms with Crippen LogP contribution in [-0.4, -0.2) is 39.6 Å². The molecule has 0 bridgehead atoms. The lowest BCUT2D eigenvalue weighted by Gasteiger charge is -2.24. The third-order valence-corrected chi connectivity index (χ3v) is 6.08. The molecule has 3 N–H and O–H groups in total. The van der Waals surface area contributed by atoms with E-state index in [-0.39, 0.29) is 5.91 Å². The number of nitrogens with two attached hydrogens (primary N) is 1. The number of nitrogens with zero attached hydrogens (tertiary/aromatic N) is 3. The molecule has 0 saturated heterocycles. The van der Waals surface area contributed by atoms with E-state index < -0.39 is 11.9 Å². The van der Waals surface area contributed by atoms with Gasteiger partial charge >= 0.3 is 0 Å². The lowest BCUT2D eigenvalue weighted by Crippen LogP contribution is -2.39.